The minimum Gasteiger partial charge on any atom is -0.467 e. The Morgan fingerprint density at radius 2 is 2.10 bits per heavy atom. The van der Waals surface area contributed by atoms with Gasteiger partial charge in [-0.15, -0.1) is 0 Å². The second-order valence-corrected chi connectivity index (χ2v) is 7.71. The fourth-order valence-corrected chi connectivity index (χ4v) is 4.07. The molecule has 2 aromatic carbocycles. The number of hydrogen-bond acceptors (Lipinski definition) is 6. The number of halogens is 1. The van der Waals surface area contributed by atoms with Crippen LogP contribution >= 0.6 is 22.9 Å². The van der Waals surface area contributed by atoms with Crippen LogP contribution in [0.3, 0.4) is 0 Å². The molecule has 0 saturated carbocycles. The van der Waals surface area contributed by atoms with E-state index in [2.05, 4.69) is 4.98 Å². The van der Waals surface area contributed by atoms with Crippen LogP contribution < -0.4 is 4.90 Å². The maximum atomic E-state index is 13.3. The normalized spacial score (nSPS) is 11.0. The molecule has 4 aromatic rings. The molecule has 0 aliphatic carbocycles. The van der Waals surface area contributed by atoms with Gasteiger partial charge in [0.25, 0.3) is 11.6 Å². The molecule has 0 atom stereocenters. The number of nitrogens with zero attached hydrogens (tertiary/aromatic N) is 3. The Bertz CT molecular complexity index is 1220. The summed E-state index contributed by atoms with van der Waals surface area (Å²) in [4.78, 5) is 29.9. The van der Waals surface area contributed by atoms with Crippen molar-refractivity contribution in [1.29, 1.82) is 0 Å². The topological polar surface area (TPSA) is 89.5 Å². The third kappa shape index (κ3) is 3.72. The molecule has 146 valence electrons. The van der Waals surface area contributed by atoms with Crippen LogP contribution in [0.2, 0.25) is 5.02 Å². The lowest BCUT2D eigenvalue weighted by molar-refractivity contribution is -0.384. The number of non-ortho nitro benzene ring substituents is 1. The van der Waals surface area contributed by atoms with Crippen molar-refractivity contribution >= 4 is 49.9 Å². The highest BCUT2D eigenvalue weighted by atomic mass is 35.5. The second kappa shape index (κ2) is 7.65. The van der Waals surface area contributed by atoms with Gasteiger partial charge in [0.2, 0.25) is 0 Å². The average molecular weight is 428 g/mol. The highest BCUT2D eigenvalue weighted by molar-refractivity contribution is 7.22. The van der Waals surface area contributed by atoms with Crippen molar-refractivity contribution < 1.29 is 14.1 Å². The second-order valence-electron chi connectivity index (χ2n) is 6.29. The van der Waals surface area contributed by atoms with Gasteiger partial charge in [-0.2, -0.15) is 0 Å². The van der Waals surface area contributed by atoms with Crippen molar-refractivity contribution in [2.45, 2.75) is 13.5 Å². The standard InChI is InChI=1S/C20H14ClN3O4S/c1-12-16(21)7-8-17-18(12)22-20(29-17)23(11-15-6-3-9-28-15)19(25)13-4-2-5-14(10-13)24(26)27/h2-10H,11H2,1H3. The quantitative estimate of drug-likeness (QED) is 0.305. The number of carbonyl (C=O) groups excluding carboxylic acids is 1. The van der Waals surface area contributed by atoms with E-state index in [1.165, 1.54) is 40.7 Å². The van der Waals surface area contributed by atoms with Gasteiger partial charge in [-0.1, -0.05) is 29.0 Å². The van der Waals surface area contributed by atoms with Crippen molar-refractivity contribution in [2.75, 3.05) is 4.90 Å². The fourth-order valence-electron chi connectivity index (χ4n) is 2.90. The van der Waals surface area contributed by atoms with Gasteiger partial charge >= 0.3 is 0 Å². The zero-order valence-corrected chi connectivity index (χ0v) is 16.7. The first-order valence-electron chi connectivity index (χ1n) is 8.58. The number of furan rings is 1. The van der Waals surface area contributed by atoms with Crippen molar-refractivity contribution in [2.24, 2.45) is 0 Å². The number of nitro groups is 1. The Morgan fingerprint density at radius 3 is 2.83 bits per heavy atom. The van der Waals surface area contributed by atoms with Crippen LogP contribution in [0, 0.1) is 17.0 Å². The zero-order valence-electron chi connectivity index (χ0n) is 15.2. The van der Waals surface area contributed by atoms with Gasteiger partial charge in [0.15, 0.2) is 5.13 Å². The molecule has 0 spiro atoms. The molecule has 2 aromatic heterocycles. The number of hydrogen-bond donors (Lipinski definition) is 0. The van der Waals surface area contributed by atoms with E-state index < -0.39 is 10.8 Å². The highest BCUT2D eigenvalue weighted by Gasteiger charge is 2.24. The van der Waals surface area contributed by atoms with E-state index in [1.807, 2.05) is 13.0 Å². The molecular formula is C20H14ClN3O4S. The summed E-state index contributed by atoms with van der Waals surface area (Å²) in [5.41, 5.74) is 1.58. The maximum Gasteiger partial charge on any atom is 0.270 e. The van der Waals surface area contributed by atoms with Gasteiger partial charge in [0, 0.05) is 22.7 Å². The average Bonchev–Trinajstić information content (AvgIpc) is 3.38. The molecule has 1 amide bonds. The number of thiazole rings is 1. The fraction of sp³-hybridized carbons (Fsp3) is 0.100. The molecule has 0 unspecified atom stereocenters. The molecule has 0 bridgehead atoms. The van der Waals surface area contributed by atoms with Gasteiger partial charge in [-0.05, 0) is 42.8 Å². The number of carbonyl (C=O) groups is 1. The minimum atomic E-state index is -0.531. The van der Waals surface area contributed by atoms with E-state index in [0.717, 1.165) is 10.3 Å². The zero-order chi connectivity index (χ0) is 20.5. The first kappa shape index (κ1) is 19.1. The van der Waals surface area contributed by atoms with Crippen LogP contribution in [0.4, 0.5) is 10.8 Å². The third-order valence-electron chi connectivity index (χ3n) is 4.41. The van der Waals surface area contributed by atoms with Crippen LogP contribution in [0.25, 0.3) is 10.2 Å². The summed E-state index contributed by atoms with van der Waals surface area (Å²) in [5, 5.41) is 12.2. The number of aromatic nitrogens is 1. The lowest BCUT2D eigenvalue weighted by Gasteiger charge is -2.18. The van der Waals surface area contributed by atoms with Gasteiger partial charge in [0.1, 0.15) is 5.76 Å². The molecule has 0 aliphatic rings. The van der Waals surface area contributed by atoms with Crippen molar-refractivity contribution in [1.82, 2.24) is 4.98 Å². The Kier molecular flexibility index (Phi) is 5.04. The molecule has 4 rings (SSSR count). The molecule has 9 heteroatoms. The molecule has 7 nitrogen and oxygen atoms in total. The lowest BCUT2D eigenvalue weighted by Crippen LogP contribution is -2.30. The Balaban J connectivity index is 1.80. The van der Waals surface area contributed by atoms with Gasteiger partial charge in [-0.3, -0.25) is 19.8 Å². The summed E-state index contributed by atoms with van der Waals surface area (Å²) in [6, 6.07) is 12.8. The van der Waals surface area contributed by atoms with Gasteiger partial charge in [-0.25, -0.2) is 4.98 Å². The van der Waals surface area contributed by atoms with E-state index in [9.17, 15) is 14.9 Å². The molecule has 0 saturated heterocycles. The number of amides is 1. The van der Waals surface area contributed by atoms with Crippen molar-refractivity contribution in [3.63, 3.8) is 0 Å². The van der Waals surface area contributed by atoms with E-state index in [1.54, 1.807) is 24.3 Å². The summed E-state index contributed by atoms with van der Waals surface area (Å²) >= 11 is 7.55. The summed E-state index contributed by atoms with van der Waals surface area (Å²) in [5.74, 6) is 0.158. The monoisotopic (exact) mass is 427 g/mol. The smallest absolute Gasteiger partial charge is 0.270 e. The Hall–Kier alpha value is -3.23. The van der Waals surface area contributed by atoms with Gasteiger partial charge in [0.05, 0.1) is 27.9 Å². The first-order valence-corrected chi connectivity index (χ1v) is 9.78. The molecule has 2 heterocycles. The number of fused-ring (bicyclic) bond motifs is 1. The third-order valence-corrected chi connectivity index (χ3v) is 5.86. The van der Waals surface area contributed by atoms with Crippen LogP contribution in [-0.4, -0.2) is 15.8 Å². The van der Waals surface area contributed by atoms with Crippen LogP contribution in [0.5, 0.6) is 0 Å². The minimum absolute atomic E-state index is 0.140. The van der Waals surface area contributed by atoms with E-state index in [0.29, 0.717) is 21.4 Å². The van der Waals surface area contributed by atoms with Gasteiger partial charge < -0.3 is 4.42 Å². The predicted molar refractivity (Wildman–Crippen MR) is 112 cm³/mol. The van der Waals surface area contributed by atoms with Crippen molar-refractivity contribution in [3.05, 3.63) is 86.8 Å². The summed E-state index contributed by atoms with van der Waals surface area (Å²) in [7, 11) is 0. The molecule has 29 heavy (non-hydrogen) atoms. The van der Waals surface area contributed by atoms with Crippen LogP contribution in [0.15, 0.2) is 59.2 Å². The van der Waals surface area contributed by atoms with Crippen LogP contribution in [-0.2, 0) is 6.54 Å². The number of rotatable bonds is 5. The highest BCUT2D eigenvalue weighted by Crippen LogP contribution is 2.35. The van der Waals surface area contributed by atoms with E-state index >= 15 is 0 Å². The first-order chi connectivity index (χ1) is 13.9. The molecule has 0 aliphatic heterocycles. The largest absolute Gasteiger partial charge is 0.467 e. The number of anilines is 1. The van der Waals surface area contributed by atoms with Crippen molar-refractivity contribution in [3.8, 4) is 0 Å². The summed E-state index contributed by atoms with van der Waals surface area (Å²) in [6.07, 6.45) is 1.52. The maximum absolute atomic E-state index is 13.3. The lowest BCUT2D eigenvalue weighted by atomic mass is 10.1. The molecular weight excluding hydrogens is 414 g/mol. The Morgan fingerprint density at radius 1 is 1.28 bits per heavy atom. The molecule has 0 fully saturated rings. The van der Waals surface area contributed by atoms with Crippen LogP contribution in [0.1, 0.15) is 21.7 Å². The number of nitro benzene ring substituents is 1. The SMILES string of the molecule is Cc1c(Cl)ccc2sc(N(Cc3ccco3)C(=O)c3cccc([N+](=O)[O-])c3)nc12. The predicted octanol–water partition coefficient (Wildman–Crippen LogP) is 5.61. The van der Waals surface area contributed by atoms with E-state index in [4.69, 9.17) is 16.0 Å². The Labute approximate surface area is 174 Å². The molecule has 0 radical (unpaired) electrons. The molecule has 0 N–H and O–H groups in total. The summed E-state index contributed by atoms with van der Waals surface area (Å²) < 4.78 is 6.29. The number of aryl methyl sites for hydroxylation is 1. The number of benzene rings is 2. The summed E-state index contributed by atoms with van der Waals surface area (Å²) in [6.45, 7) is 2.01. The van der Waals surface area contributed by atoms with E-state index in [-0.39, 0.29) is 17.8 Å².